The minimum atomic E-state index is -3.42. The summed E-state index contributed by atoms with van der Waals surface area (Å²) < 4.78 is 33.3. The van der Waals surface area contributed by atoms with Crippen LogP contribution in [-0.2, 0) is 14.9 Å². The van der Waals surface area contributed by atoms with Crippen molar-refractivity contribution < 1.29 is 13.2 Å². The first-order valence-electron chi connectivity index (χ1n) is 5.87. The molecule has 0 bridgehead atoms. The van der Waals surface area contributed by atoms with E-state index in [1.54, 1.807) is 0 Å². The zero-order valence-electron chi connectivity index (χ0n) is 10.4. The summed E-state index contributed by atoms with van der Waals surface area (Å²) in [7, 11) is -3.42. The van der Waals surface area contributed by atoms with Gasteiger partial charge in [-0.05, 0) is 12.3 Å². The summed E-state index contributed by atoms with van der Waals surface area (Å²) >= 11 is 5.79. The second kappa shape index (κ2) is 6.89. The number of ether oxygens (including phenoxy) is 1. The molecule has 0 aliphatic carbocycles. The molecule has 17 heavy (non-hydrogen) atoms. The Bertz CT molecular complexity index is 316. The Morgan fingerprint density at radius 1 is 1.35 bits per heavy atom. The van der Waals surface area contributed by atoms with Gasteiger partial charge in [0.15, 0.2) is 0 Å². The topological polar surface area (TPSA) is 58.6 Å². The van der Waals surface area contributed by atoms with Gasteiger partial charge < -0.3 is 4.74 Å². The predicted molar refractivity (Wildman–Crippen MR) is 68.4 cm³/mol. The van der Waals surface area contributed by atoms with Gasteiger partial charge in [-0.25, -0.2) is 0 Å². The molecule has 0 spiro atoms. The molecule has 0 amide bonds. The molecular formula is C10H21ClN2O3S. The summed E-state index contributed by atoms with van der Waals surface area (Å²) in [5, 5.41) is 0. The van der Waals surface area contributed by atoms with Crippen LogP contribution < -0.4 is 4.72 Å². The molecule has 102 valence electrons. The molecule has 1 unspecified atom stereocenters. The van der Waals surface area contributed by atoms with Crippen molar-refractivity contribution >= 4 is 21.8 Å². The molecule has 0 saturated carbocycles. The van der Waals surface area contributed by atoms with Gasteiger partial charge in [0, 0.05) is 25.0 Å². The number of nitrogens with one attached hydrogen (secondary N) is 1. The van der Waals surface area contributed by atoms with Crippen molar-refractivity contribution in [2.75, 3.05) is 32.2 Å². The smallest absolute Gasteiger partial charge is 0.279 e. The molecule has 1 atom stereocenters. The molecule has 1 saturated heterocycles. The quantitative estimate of drug-likeness (QED) is 0.734. The molecule has 7 heteroatoms. The number of hydrogen-bond donors (Lipinski definition) is 1. The fraction of sp³-hybridized carbons (Fsp3) is 1.00. The molecule has 0 aromatic heterocycles. The first kappa shape index (κ1) is 15.2. The zero-order chi connectivity index (χ0) is 12.9. The normalized spacial score (nSPS) is 20.7. The van der Waals surface area contributed by atoms with Crippen molar-refractivity contribution in [2.45, 2.75) is 26.3 Å². The molecule has 0 radical (unpaired) electrons. The fourth-order valence-corrected chi connectivity index (χ4v) is 3.46. The maximum atomic E-state index is 12.0. The van der Waals surface area contributed by atoms with Crippen LogP contribution in [0.4, 0.5) is 0 Å². The lowest BCUT2D eigenvalue weighted by Gasteiger charge is -2.28. The molecule has 1 N–H and O–H groups in total. The molecule has 0 aromatic rings. The Kier molecular flexibility index (Phi) is 6.16. The third-order valence-electron chi connectivity index (χ3n) is 2.57. The van der Waals surface area contributed by atoms with Gasteiger partial charge in [0.05, 0.1) is 13.2 Å². The van der Waals surface area contributed by atoms with Crippen LogP contribution in [0, 0.1) is 5.92 Å². The molecule has 1 aliphatic rings. The van der Waals surface area contributed by atoms with Gasteiger partial charge in [-0.3, -0.25) is 0 Å². The summed E-state index contributed by atoms with van der Waals surface area (Å²) in [6.45, 7) is 5.82. The van der Waals surface area contributed by atoms with Gasteiger partial charge in [-0.2, -0.15) is 17.4 Å². The van der Waals surface area contributed by atoms with E-state index in [0.29, 0.717) is 38.1 Å². The molecule has 5 nitrogen and oxygen atoms in total. The van der Waals surface area contributed by atoms with Crippen molar-refractivity contribution in [1.82, 2.24) is 9.03 Å². The monoisotopic (exact) mass is 284 g/mol. The summed E-state index contributed by atoms with van der Waals surface area (Å²) in [6.07, 6.45) is 0.743. The molecule has 1 rings (SSSR count). The number of morpholine rings is 1. The van der Waals surface area contributed by atoms with E-state index >= 15 is 0 Å². The van der Waals surface area contributed by atoms with Crippen LogP contribution >= 0.6 is 11.6 Å². The van der Waals surface area contributed by atoms with Crippen molar-refractivity contribution in [2.24, 2.45) is 5.92 Å². The van der Waals surface area contributed by atoms with Gasteiger partial charge in [-0.15, -0.1) is 11.6 Å². The molecule has 1 aliphatic heterocycles. The van der Waals surface area contributed by atoms with Crippen molar-refractivity contribution in [3.8, 4) is 0 Å². The van der Waals surface area contributed by atoms with Gasteiger partial charge in [0.1, 0.15) is 0 Å². The fourth-order valence-electron chi connectivity index (χ4n) is 1.78. The van der Waals surface area contributed by atoms with Crippen molar-refractivity contribution in [3.63, 3.8) is 0 Å². The van der Waals surface area contributed by atoms with E-state index in [0.717, 1.165) is 6.42 Å². The average Bonchev–Trinajstić information content (AvgIpc) is 2.28. The summed E-state index contributed by atoms with van der Waals surface area (Å²) in [5.74, 6) is 0.702. The van der Waals surface area contributed by atoms with Crippen LogP contribution in [0.3, 0.4) is 0 Å². The van der Waals surface area contributed by atoms with E-state index in [1.807, 2.05) is 13.8 Å². The van der Waals surface area contributed by atoms with Gasteiger partial charge in [0.2, 0.25) is 0 Å². The molecule has 0 aromatic carbocycles. The number of rotatable bonds is 6. The average molecular weight is 285 g/mol. The number of nitrogens with zero attached hydrogens (tertiary/aromatic N) is 1. The lowest BCUT2D eigenvalue weighted by atomic mass is 10.1. The second-order valence-corrected chi connectivity index (χ2v) is 6.63. The van der Waals surface area contributed by atoms with Crippen LogP contribution in [0.5, 0.6) is 0 Å². The number of halogens is 1. The van der Waals surface area contributed by atoms with Crippen LogP contribution in [0.25, 0.3) is 0 Å². The van der Waals surface area contributed by atoms with Crippen LogP contribution in [0.15, 0.2) is 0 Å². The minimum absolute atomic E-state index is 0.204. The maximum absolute atomic E-state index is 12.0. The third kappa shape index (κ3) is 5.09. The third-order valence-corrected chi connectivity index (χ3v) is 4.62. The lowest BCUT2D eigenvalue weighted by molar-refractivity contribution is 0.0723. The zero-order valence-corrected chi connectivity index (χ0v) is 11.9. The SMILES string of the molecule is CC(C)CC(CCl)NS(=O)(=O)N1CCOCC1. The standard InChI is InChI=1S/C10H21ClN2O3S/c1-9(2)7-10(8-11)12-17(14,15)13-3-5-16-6-4-13/h9-10,12H,3-8H2,1-2H3. The maximum Gasteiger partial charge on any atom is 0.279 e. The Balaban J connectivity index is 2.56. The lowest BCUT2D eigenvalue weighted by Crippen LogP contribution is -2.50. The molecular weight excluding hydrogens is 264 g/mol. The first-order valence-corrected chi connectivity index (χ1v) is 7.84. The van der Waals surface area contributed by atoms with Crippen LogP contribution in [0.2, 0.25) is 0 Å². The van der Waals surface area contributed by atoms with Gasteiger partial charge in [-0.1, -0.05) is 13.8 Å². The minimum Gasteiger partial charge on any atom is -0.379 e. The van der Waals surface area contributed by atoms with E-state index in [4.69, 9.17) is 16.3 Å². The van der Waals surface area contributed by atoms with Crippen molar-refractivity contribution in [1.29, 1.82) is 0 Å². The summed E-state index contributed by atoms with van der Waals surface area (Å²) in [4.78, 5) is 0. The number of hydrogen-bond acceptors (Lipinski definition) is 3. The Hall–Kier alpha value is 0.120. The van der Waals surface area contributed by atoms with E-state index < -0.39 is 10.2 Å². The van der Waals surface area contributed by atoms with Crippen molar-refractivity contribution in [3.05, 3.63) is 0 Å². The second-order valence-electron chi connectivity index (χ2n) is 4.62. The predicted octanol–water partition coefficient (Wildman–Crippen LogP) is 0.806. The Morgan fingerprint density at radius 3 is 2.41 bits per heavy atom. The van der Waals surface area contributed by atoms with Gasteiger partial charge in [0.25, 0.3) is 10.2 Å². The van der Waals surface area contributed by atoms with E-state index in [2.05, 4.69) is 4.72 Å². The number of alkyl halides is 1. The molecule has 1 heterocycles. The summed E-state index contributed by atoms with van der Waals surface area (Å²) in [6, 6.07) is -0.204. The Labute approximate surface area is 109 Å². The van der Waals surface area contributed by atoms with E-state index in [9.17, 15) is 8.42 Å². The highest BCUT2D eigenvalue weighted by Gasteiger charge is 2.26. The Morgan fingerprint density at radius 2 is 1.94 bits per heavy atom. The highest BCUT2D eigenvalue weighted by atomic mass is 35.5. The van der Waals surface area contributed by atoms with Gasteiger partial charge >= 0.3 is 0 Å². The summed E-state index contributed by atoms with van der Waals surface area (Å²) in [5.41, 5.74) is 0. The highest BCUT2D eigenvalue weighted by molar-refractivity contribution is 7.87. The van der Waals surface area contributed by atoms with Crippen LogP contribution in [0.1, 0.15) is 20.3 Å². The van der Waals surface area contributed by atoms with E-state index in [1.165, 1.54) is 4.31 Å². The highest BCUT2D eigenvalue weighted by Crippen LogP contribution is 2.10. The van der Waals surface area contributed by atoms with E-state index in [-0.39, 0.29) is 6.04 Å². The largest absolute Gasteiger partial charge is 0.379 e. The molecule has 1 fully saturated rings. The first-order chi connectivity index (χ1) is 7.95. The van der Waals surface area contributed by atoms with Crippen LogP contribution in [-0.4, -0.2) is 50.9 Å².